The Morgan fingerprint density at radius 2 is 1.74 bits per heavy atom. The lowest BCUT2D eigenvalue weighted by atomic mass is 9.72. The third-order valence-corrected chi connectivity index (χ3v) is 6.84. The number of nitriles is 1. The largest absolute Gasteiger partial charge is 0.383 e. The van der Waals surface area contributed by atoms with Crippen molar-refractivity contribution in [2.75, 3.05) is 4.90 Å². The van der Waals surface area contributed by atoms with E-state index in [1.807, 2.05) is 59.5 Å². The summed E-state index contributed by atoms with van der Waals surface area (Å²) < 4.78 is 0. The summed E-state index contributed by atoms with van der Waals surface area (Å²) in [5.41, 5.74) is 11.9. The number of carbonyl (C=O) groups is 1. The number of ketones is 1. The molecular weight excluding hydrogens is 422 g/mol. The second-order valence-electron chi connectivity index (χ2n) is 8.72. The van der Waals surface area contributed by atoms with Crippen LogP contribution in [-0.2, 0) is 4.79 Å². The van der Waals surface area contributed by atoms with Gasteiger partial charge in [0.1, 0.15) is 5.84 Å². The van der Waals surface area contributed by atoms with Crippen molar-refractivity contribution in [3.8, 4) is 6.07 Å². The van der Waals surface area contributed by atoms with E-state index in [-0.39, 0.29) is 11.7 Å². The Balaban J connectivity index is 1.62. The molecule has 2 aliphatic heterocycles. The Morgan fingerprint density at radius 1 is 0.971 bits per heavy atom. The maximum atomic E-state index is 13.8. The number of nitrogens with two attached hydrogens (primary N) is 1. The van der Waals surface area contributed by atoms with Gasteiger partial charge in [-0.15, -0.1) is 0 Å². The molecule has 3 aromatic rings. The highest BCUT2D eigenvalue weighted by molar-refractivity contribution is 6.08. The molecule has 3 aliphatic rings. The zero-order valence-corrected chi connectivity index (χ0v) is 18.3. The van der Waals surface area contributed by atoms with E-state index in [0.717, 1.165) is 28.1 Å². The van der Waals surface area contributed by atoms with Gasteiger partial charge in [-0.25, -0.2) is 4.99 Å². The van der Waals surface area contributed by atoms with Crippen molar-refractivity contribution >= 4 is 17.3 Å². The van der Waals surface area contributed by atoms with Gasteiger partial charge in [0.25, 0.3) is 0 Å². The molecule has 34 heavy (non-hydrogen) atoms. The van der Waals surface area contributed by atoms with Crippen LogP contribution in [0.2, 0.25) is 0 Å². The van der Waals surface area contributed by atoms with Gasteiger partial charge in [0.05, 0.1) is 23.2 Å². The van der Waals surface area contributed by atoms with E-state index < -0.39 is 5.92 Å². The van der Waals surface area contributed by atoms with E-state index >= 15 is 0 Å². The van der Waals surface area contributed by atoms with Crippen LogP contribution in [0, 0.1) is 11.3 Å². The standard InChI is InChI=1S/C28H21N5O/c29-15-21-25(18-9-6-12-31-16-18)26-23(13-19(14-24(26)34)17-7-2-1-3-8-17)33-22-11-5-4-10-20(22)27(30)32-28(21)33/h1-12,16,19,25H,13-14H2,(H2,30,32)/t19-,25-/m0/s1. The van der Waals surface area contributed by atoms with E-state index in [1.54, 1.807) is 12.4 Å². The number of carbonyl (C=O) groups excluding carboxylic acids is 1. The first-order valence-electron chi connectivity index (χ1n) is 11.3. The molecule has 6 heteroatoms. The van der Waals surface area contributed by atoms with Gasteiger partial charge >= 0.3 is 0 Å². The topological polar surface area (TPSA) is 95.4 Å². The SMILES string of the molecule is N#CC1=C2N=C(N)c3ccccc3N2C2=C(C(=O)C[C@@H](c3ccccc3)C2)[C@H]1c1cccnc1. The molecule has 2 N–H and O–H groups in total. The van der Waals surface area contributed by atoms with Gasteiger partial charge in [0.15, 0.2) is 11.6 Å². The number of amidine groups is 1. The van der Waals surface area contributed by atoms with Crippen LogP contribution in [-0.4, -0.2) is 16.6 Å². The predicted octanol–water partition coefficient (Wildman–Crippen LogP) is 4.54. The number of allylic oxidation sites excluding steroid dienone is 3. The van der Waals surface area contributed by atoms with Crippen molar-refractivity contribution in [1.29, 1.82) is 5.26 Å². The summed E-state index contributed by atoms with van der Waals surface area (Å²) >= 11 is 0. The first-order chi connectivity index (χ1) is 16.7. The fraction of sp³-hybridized carbons (Fsp3) is 0.143. The number of hydrogen-bond donors (Lipinski definition) is 1. The van der Waals surface area contributed by atoms with E-state index in [4.69, 9.17) is 10.7 Å². The van der Waals surface area contributed by atoms with Crippen LogP contribution in [0.1, 0.15) is 41.4 Å². The number of aliphatic imine (C=N–C) groups is 1. The second kappa shape index (κ2) is 7.82. The first-order valence-corrected chi connectivity index (χ1v) is 11.3. The Hall–Kier alpha value is -4.50. The van der Waals surface area contributed by atoms with E-state index in [1.165, 1.54) is 0 Å². The minimum absolute atomic E-state index is 0.0438. The molecule has 0 saturated heterocycles. The van der Waals surface area contributed by atoms with Crippen LogP contribution in [0.3, 0.4) is 0 Å². The molecule has 0 fully saturated rings. The number of anilines is 1. The monoisotopic (exact) mass is 443 g/mol. The van der Waals surface area contributed by atoms with E-state index in [9.17, 15) is 10.1 Å². The van der Waals surface area contributed by atoms with Gasteiger partial charge < -0.3 is 5.73 Å². The molecule has 0 unspecified atom stereocenters. The highest BCUT2D eigenvalue weighted by Crippen LogP contribution is 2.51. The second-order valence-corrected chi connectivity index (χ2v) is 8.72. The number of fused-ring (bicyclic) bond motifs is 4. The Bertz CT molecular complexity index is 1450. The molecule has 0 amide bonds. The summed E-state index contributed by atoms with van der Waals surface area (Å²) in [4.78, 5) is 24.8. The molecule has 2 atom stereocenters. The predicted molar refractivity (Wildman–Crippen MR) is 130 cm³/mol. The van der Waals surface area contributed by atoms with Gasteiger partial charge in [-0.05, 0) is 41.7 Å². The molecule has 6 rings (SSSR count). The summed E-state index contributed by atoms with van der Waals surface area (Å²) in [6.07, 6.45) is 4.47. The zero-order valence-electron chi connectivity index (χ0n) is 18.3. The normalized spacial score (nSPS) is 21.3. The first kappa shape index (κ1) is 20.1. The third-order valence-electron chi connectivity index (χ3n) is 6.84. The number of aromatic nitrogens is 1. The number of benzene rings is 2. The molecular formula is C28H21N5O. The molecule has 0 saturated carbocycles. The lowest BCUT2D eigenvalue weighted by Crippen LogP contribution is -2.40. The number of rotatable bonds is 2. The molecule has 1 aromatic heterocycles. The summed E-state index contributed by atoms with van der Waals surface area (Å²) in [6, 6.07) is 24.0. The highest BCUT2D eigenvalue weighted by atomic mass is 16.1. The average Bonchev–Trinajstić information content (AvgIpc) is 2.89. The van der Waals surface area contributed by atoms with Crippen molar-refractivity contribution in [2.45, 2.75) is 24.7 Å². The fourth-order valence-electron chi connectivity index (χ4n) is 5.36. The van der Waals surface area contributed by atoms with Crippen molar-refractivity contribution < 1.29 is 4.79 Å². The smallest absolute Gasteiger partial charge is 0.162 e. The number of nitrogens with zero attached hydrogens (tertiary/aromatic N) is 4. The maximum absolute atomic E-state index is 13.8. The van der Waals surface area contributed by atoms with Gasteiger partial charge in [-0.3, -0.25) is 14.7 Å². The van der Waals surface area contributed by atoms with E-state index in [2.05, 4.69) is 23.2 Å². The fourth-order valence-corrected chi connectivity index (χ4v) is 5.36. The van der Waals surface area contributed by atoms with Gasteiger partial charge in [0, 0.05) is 35.6 Å². The molecule has 1 aliphatic carbocycles. The maximum Gasteiger partial charge on any atom is 0.162 e. The summed E-state index contributed by atoms with van der Waals surface area (Å²) in [5.74, 6) is 0.433. The minimum atomic E-state index is -0.522. The Morgan fingerprint density at radius 3 is 2.50 bits per heavy atom. The third kappa shape index (κ3) is 2.98. The van der Waals surface area contributed by atoms with Gasteiger partial charge in [-0.1, -0.05) is 48.5 Å². The lowest BCUT2D eigenvalue weighted by molar-refractivity contribution is -0.116. The summed E-state index contributed by atoms with van der Waals surface area (Å²) in [7, 11) is 0. The van der Waals surface area contributed by atoms with Crippen LogP contribution in [0.15, 0.2) is 107 Å². The minimum Gasteiger partial charge on any atom is -0.383 e. The van der Waals surface area contributed by atoms with Crippen molar-refractivity contribution in [1.82, 2.24) is 4.98 Å². The zero-order chi connectivity index (χ0) is 23.2. The van der Waals surface area contributed by atoms with Crippen LogP contribution in [0.4, 0.5) is 5.69 Å². The van der Waals surface area contributed by atoms with Crippen LogP contribution in [0.25, 0.3) is 0 Å². The molecule has 6 nitrogen and oxygen atoms in total. The van der Waals surface area contributed by atoms with Crippen LogP contribution < -0.4 is 10.6 Å². The molecule has 0 spiro atoms. The Kier molecular flexibility index (Phi) is 4.63. The molecule has 164 valence electrons. The van der Waals surface area contributed by atoms with Crippen molar-refractivity contribution in [3.05, 3.63) is 118 Å². The molecule has 0 bridgehead atoms. The van der Waals surface area contributed by atoms with Gasteiger partial charge in [0.2, 0.25) is 0 Å². The van der Waals surface area contributed by atoms with Crippen LogP contribution in [0.5, 0.6) is 0 Å². The van der Waals surface area contributed by atoms with Crippen LogP contribution >= 0.6 is 0 Å². The molecule has 0 radical (unpaired) electrons. The number of para-hydroxylation sites is 1. The Labute approximate surface area is 197 Å². The molecule has 3 heterocycles. The van der Waals surface area contributed by atoms with Crippen molar-refractivity contribution in [3.63, 3.8) is 0 Å². The van der Waals surface area contributed by atoms with Gasteiger partial charge in [-0.2, -0.15) is 5.26 Å². The molecule has 2 aromatic carbocycles. The quantitative estimate of drug-likeness (QED) is 0.627. The average molecular weight is 444 g/mol. The van der Waals surface area contributed by atoms with Crippen molar-refractivity contribution in [2.24, 2.45) is 10.7 Å². The summed E-state index contributed by atoms with van der Waals surface area (Å²) in [5, 5.41) is 10.3. The van der Waals surface area contributed by atoms with E-state index in [0.29, 0.717) is 35.6 Å². The highest BCUT2D eigenvalue weighted by Gasteiger charge is 2.45. The number of pyridine rings is 1. The summed E-state index contributed by atoms with van der Waals surface area (Å²) in [6.45, 7) is 0. The number of Topliss-reactive ketones (excluding diaryl/α,β-unsaturated/α-hetero) is 1. The number of hydrogen-bond acceptors (Lipinski definition) is 6. The lowest BCUT2D eigenvalue weighted by Gasteiger charge is -2.43.